The molecule has 1 aromatic rings. The summed E-state index contributed by atoms with van der Waals surface area (Å²) < 4.78 is 0. The maximum Gasteiger partial charge on any atom is 0.0519 e. The summed E-state index contributed by atoms with van der Waals surface area (Å²) >= 11 is 0. The lowest BCUT2D eigenvalue weighted by Crippen LogP contribution is -2.31. The Morgan fingerprint density at radius 2 is 1.78 bits per heavy atom. The lowest BCUT2D eigenvalue weighted by atomic mass is 10.0. The molecule has 1 unspecified atom stereocenters. The predicted octanol–water partition coefficient (Wildman–Crippen LogP) is 4.38. The summed E-state index contributed by atoms with van der Waals surface area (Å²) in [6.45, 7) is 8.98. The summed E-state index contributed by atoms with van der Waals surface area (Å²) in [5.74, 6) is 0.755. The fraction of sp³-hybridized carbons (Fsp3) is 0.625. The van der Waals surface area contributed by atoms with Crippen molar-refractivity contribution in [1.82, 2.24) is 5.43 Å². The van der Waals surface area contributed by atoms with Gasteiger partial charge in [-0.3, -0.25) is 0 Å². The van der Waals surface area contributed by atoms with Crippen molar-refractivity contribution in [3.8, 4) is 0 Å². The molecule has 0 aliphatic heterocycles. The van der Waals surface area contributed by atoms with Gasteiger partial charge in [0.15, 0.2) is 0 Å². The van der Waals surface area contributed by atoms with E-state index in [1.807, 2.05) is 0 Å². The third-order valence-corrected chi connectivity index (χ3v) is 3.18. The minimum Gasteiger partial charge on any atom is -0.321 e. The molecule has 0 aromatic heterocycles. The molecular weight excluding hydrogens is 220 g/mol. The summed E-state index contributed by atoms with van der Waals surface area (Å²) in [6.07, 6.45) is 4.79. The maximum atomic E-state index is 3.38. The second-order valence-electron chi connectivity index (χ2n) is 5.55. The van der Waals surface area contributed by atoms with Crippen LogP contribution in [0.2, 0.25) is 0 Å². The van der Waals surface area contributed by atoms with E-state index < -0.39 is 0 Å². The molecule has 0 radical (unpaired) electrons. The largest absolute Gasteiger partial charge is 0.321 e. The van der Waals surface area contributed by atoms with E-state index in [2.05, 4.69) is 62.8 Å². The zero-order valence-electron chi connectivity index (χ0n) is 12.3. The van der Waals surface area contributed by atoms with E-state index in [0.717, 1.165) is 12.3 Å². The van der Waals surface area contributed by atoms with Gasteiger partial charge in [-0.25, -0.2) is 5.43 Å². The molecule has 0 spiro atoms. The number of benzene rings is 1. The lowest BCUT2D eigenvalue weighted by molar-refractivity contribution is 0.551. The van der Waals surface area contributed by atoms with E-state index in [-0.39, 0.29) is 0 Å². The number of hydrogen-bond acceptors (Lipinski definition) is 2. The molecule has 0 aliphatic rings. The van der Waals surface area contributed by atoms with E-state index in [1.54, 1.807) is 0 Å². The number of anilines is 1. The van der Waals surface area contributed by atoms with Crippen molar-refractivity contribution in [2.24, 2.45) is 5.92 Å². The van der Waals surface area contributed by atoms with E-state index in [0.29, 0.717) is 6.04 Å². The first-order valence-corrected chi connectivity index (χ1v) is 7.23. The molecule has 2 nitrogen and oxygen atoms in total. The molecule has 2 heteroatoms. The van der Waals surface area contributed by atoms with Crippen LogP contribution >= 0.6 is 0 Å². The zero-order valence-corrected chi connectivity index (χ0v) is 12.3. The Kier molecular flexibility index (Phi) is 6.81. The van der Waals surface area contributed by atoms with Crippen LogP contribution < -0.4 is 10.9 Å². The Morgan fingerprint density at radius 1 is 1.06 bits per heavy atom. The number of hydrazine groups is 1. The Hall–Kier alpha value is -1.02. The Labute approximate surface area is 112 Å². The summed E-state index contributed by atoms with van der Waals surface area (Å²) in [6, 6.07) is 9.09. The van der Waals surface area contributed by atoms with Crippen LogP contribution in [0.4, 0.5) is 5.69 Å². The van der Waals surface area contributed by atoms with E-state index in [1.165, 1.54) is 30.5 Å². The topological polar surface area (TPSA) is 24.1 Å². The first kappa shape index (κ1) is 15.0. The normalized spacial score (nSPS) is 12.7. The molecule has 1 rings (SSSR count). The van der Waals surface area contributed by atoms with E-state index >= 15 is 0 Å². The molecule has 0 amide bonds. The molecule has 0 saturated carbocycles. The molecule has 102 valence electrons. The van der Waals surface area contributed by atoms with Crippen LogP contribution in [0.5, 0.6) is 0 Å². The van der Waals surface area contributed by atoms with Gasteiger partial charge in [0.25, 0.3) is 0 Å². The van der Waals surface area contributed by atoms with Gasteiger partial charge in [0.2, 0.25) is 0 Å². The van der Waals surface area contributed by atoms with Gasteiger partial charge < -0.3 is 5.43 Å². The number of para-hydroxylation sites is 1. The van der Waals surface area contributed by atoms with Crippen molar-refractivity contribution in [1.29, 1.82) is 0 Å². The third-order valence-electron chi connectivity index (χ3n) is 3.18. The van der Waals surface area contributed by atoms with Gasteiger partial charge in [-0.2, -0.15) is 0 Å². The monoisotopic (exact) mass is 248 g/mol. The van der Waals surface area contributed by atoms with Gasteiger partial charge >= 0.3 is 0 Å². The number of nitrogens with one attached hydrogen (secondary N) is 2. The van der Waals surface area contributed by atoms with Crippen LogP contribution in [0.25, 0.3) is 0 Å². The molecule has 0 saturated heterocycles. The van der Waals surface area contributed by atoms with Crippen LogP contribution in [0.15, 0.2) is 24.3 Å². The number of rotatable bonds is 8. The lowest BCUT2D eigenvalue weighted by Gasteiger charge is -2.17. The summed E-state index contributed by atoms with van der Waals surface area (Å²) in [5.41, 5.74) is 9.38. The van der Waals surface area contributed by atoms with E-state index in [4.69, 9.17) is 0 Å². The highest BCUT2D eigenvalue weighted by Gasteiger charge is 2.04. The standard InChI is InChI=1S/C16H28N2/c1-5-8-14(4)17-18-16-10-7-6-9-15(16)12-11-13(2)3/h6-7,9-10,13-14,17-18H,5,8,11-12H2,1-4H3. The first-order valence-electron chi connectivity index (χ1n) is 7.23. The smallest absolute Gasteiger partial charge is 0.0519 e. The average molecular weight is 248 g/mol. The van der Waals surface area contributed by atoms with Gasteiger partial charge in [-0.05, 0) is 43.7 Å². The number of hydrogen-bond donors (Lipinski definition) is 2. The average Bonchev–Trinajstić information content (AvgIpc) is 2.35. The molecule has 1 atom stereocenters. The van der Waals surface area contributed by atoms with Crippen LogP contribution in [-0.4, -0.2) is 6.04 Å². The fourth-order valence-corrected chi connectivity index (χ4v) is 2.01. The van der Waals surface area contributed by atoms with Gasteiger partial charge in [0.05, 0.1) is 5.69 Å². The maximum absolute atomic E-state index is 3.38. The molecule has 2 N–H and O–H groups in total. The molecule has 0 heterocycles. The van der Waals surface area contributed by atoms with Crippen LogP contribution in [-0.2, 0) is 6.42 Å². The second-order valence-corrected chi connectivity index (χ2v) is 5.55. The van der Waals surface area contributed by atoms with Crippen LogP contribution in [0.3, 0.4) is 0 Å². The second kappa shape index (κ2) is 8.15. The van der Waals surface area contributed by atoms with Crippen molar-refractivity contribution < 1.29 is 0 Å². The minimum atomic E-state index is 0.508. The van der Waals surface area contributed by atoms with Gasteiger partial charge in [0.1, 0.15) is 0 Å². The summed E-state index contributed by atoms with van der Waals surface area (Å²) in [4.78, 5) is 0. The Morgan fingerprint density at radius 3 is 2.44 bits per heavy atom. The van der Waals surface area contributed by atoms with Gasteiger partial charge in [-0.15, -0.1) is 0 Å². The van der Waals surface area contributed by atoms with Crippen molar-refractivity contribution in [3.05, 3.63) is 29.8 Å². The quantitative estimate of drug-likeness (QED) is 0.667. The SMILES string of the molecule is CCCC(C)NNc1ccccc1CCC(C)C. The zero-order chi connectivity index (χ0) is 13.4. The number of aryl methyl sites for hydroxylation is 1. The third kappa shape index (κ3) is 5.54. The minimum absolute atomic E-state index is 0.508. The van der Waals surface area contributed by atoms with Crippen molar-refractivity contribution in [2.45, 2.75) is 59.4 Å². The van der Waals surface area contributed by atoms with Crippen molar-refractivity contribution in [2.75, 3.05) is 5.43 Å². The summed E-state index contributed by atoms with van der Waals surface area (Å²) in [7, 11) is 0. The molecule has 1 aromatic carbocycles. The highest BCUT2D eigenvalue weighted by molar-refractivity contribution is 5.50. The van der Waals surface area contributed by atoms with Crippen LogP contribution in [0, 0.1) is 5.92 Å². The molecule has 0 aliphatic carbocycles. The fourth-order valence-electron chi connectivity index (χ4n) is 2.01. The Bertz CT molecular complexity index is 334. The van der Waals surface area contributed by atoms with Crippen molar-refractivity contribution in [3.63, 3.8) is 0 Å². The highest BCUT2D eigenvalue weighted by Crippen LogP contribution is 2.18. The molecule has 0 fully saturated rings. The van der Waals surface area contributed by atoms with Gasteiger partial charge in [0, 0.05) is 6.04 Å². The molecule has 18 heavy (non-hydrogen) atoms. The predicted molar refractivity (Wildman–Crippen MR) is 80.7 cm³/mol. The summed E-state index contributed by atoms with van der Waals surface area (Å²) in [5, 5.41) is 0. The first-order chi connectivity index (χ1) is 8.63. The Balaban J connectivity index is 2.53. The van der Waals surface area contributed by atoms with Crippen LogP contribution in [0.1, 0.15) is 52.5 Å². The highest BCUT2D eigenvalue weighted by atomic mass is 15.4. The van der Waals surface area contributed by atoms with Crippen molar-refractivity contribution >= 4 is 5.69 Å². The van der Waals surface area contributed by atoms with Gasteiger partial charge in [-0.1, -0.05) is 45.4 Å². The molecular formula is C16H28N2. The van der Waals surface area contributed by atoms with E-state index in [9.17, 15) is 0 Å². The molecule has 0 bridgehead atoms.